The molecule has 0 rings (SSSR count). The molecule has 0 amide bonds. The van der Waals surface area contributed by atoms with E-state index in [9.17, 15) is 4.57 Å². The van der Waals surface area contributed by atoms with Gasteiger partial charge in [-0.1, -0.05) is 0 Å². The molecule has 10 heteroatoms. The third kappa shape index (κ3) is 16.1. The molecule has 0 aromatic heterocycles. The van der Waals surface area contributed by atoms with Gasteiger partial charge in [0.25, 0.3) is 0 Å². The van der Waals surface area contributed by atoms with Crippen LogP contribution in [-0.4, -0.2) is 44.5 Å². The van der Waals surface area contributed by atoms with Crippen LogP contribution in [0.5, 0.6) is 0 Å². The molecule has 0 atom stereocenters. The van der Waals surface area contributed by atoms with Crippen LogP contribution in [0.4, 0.5) is 0 Å². The van der Waals surface area contributed by atoms with Crippen LogP contribution in [0.1, 0.15) is 0 Å². The van der Waals surface area contributed by atoms with E-state index < -0.39 is 15.1 Å². The summed E-state index contributed by atoms with van der Waals surface area (Å²) in [6.45, 7) is 0. The first-order valence-corrected chi connectivity index (χ1v) is 3.05. The summed E-state index contributed by atoms with van der Waals surface area (Å²) >= 11 is 0. The van der Waals surface area contributed by atoms with Gasteiger partial charge in [-0.15, -0.1) is 0 Å². The zero-order valence-electron chi connectivity index (χ0n) is 4.34. The van der Waals surface area contributed by atoms with E-state index in [2.05, 4.69) is 4.44 Å². The van der Waals surface area contributed by atoms with Crippen molar-refractivity contribution in [2.75, 3.05) is 0 Å². The third-order valence-corrected chi connectivity index (χ3v) is 0.695. The molecule has 56 valence electrons. The van der Waals surface area contributed by atoms with E-state index in [0.29, 0.717) is 0 Å². The monoisotopic (exact) mass is 236 g/mol. The minimum absolute atomic E-state index is 0. The summed E-state index contributed by atoms with van der Waals surface area (Å²) in [5, 5.41) is 15.5. The predicted molar refractivity (Wildman–Crippen MR) is 33.3 cm³/mol. The smallest absolute Gasteiger partial charge is 0.401 e. The number of hydrogen-bond acceptors (Lipinski definition) is 4. The Labute approximate surface area is 80.9 Å². The summed E-state index contributed by atoms with van der Waals surface area (Å²) in [6.07, 6.45) is 0. The van der Waals surface area contributed by atoms with E-state index in [4.69, 9.17) is 19.8 Å². The van der Waals surface area contributed by atoms with Gasteiger partial charge in [0, 0.05) is 19.5 Å². The van der Waals surface area contributed by atoms with Crippen molar-refractivity contribution in [1.82, 2.24) is 0 Å². The largest absolute Gasteiger partial charge is 0.642 e. The summed E-state index contributed by atoms with van der Waals surface area (Å²) in [5.41, 5.74) is 0. The first-order chi connectivity index (χ1) is 3.42. The molecule has 0 spiro atoms. The summed E-state index contributed by atoms with van der Waals surface area (Å²) in [6, 6.07) is 0. The Balaban J connectivity index is -0.000000245. The van der Waals surface area contributed by atoms with Crippen molar-refractivity contribution in [1.29, 1.82) is 0 Å². The zero-order valence-corrected chi connectivity index (χ0v) is 8.20. The molecule has 10 heavy (non-hydrogen) atoms. The van der Waals surface area contributed by atoms with E-state index in [1.165, 1.54) is 0 Å². The summed E-state index contributed by atoms with van der Waals surface area (Å²) in [4.78, 5) is 15.5. The van der Waals surface area contributed by atoms with Gasteiger partial charge >= 0.3 is 15.1 Å². The number of phosphoric acid groups is 1. The van der Waals surface area contributed by atoms with E-state index in [1.807, 2.05) is 0 Å². The molecule has 0 aromatic rings. The van der Waals surface area contributed by atoms with Crippen molar-refractivity contribution in [3.05, 3.63) is 0 Å². The standard InChI is InChI=1S/Al.BH4O6P.Zn.3H/c;2-1(3)7-8(4,5)6;;;;/h;2-3H,(H2,4,5,6);;;;. The first kappa shape index (κ1) is 17.4. The van der Waals surface area contributed by atoms with E-state index in [-0.39, 0.29) is 36.8 Å². The Bertz CT molecular complexity index is 110. The molecule has 0 unspecified atom stereocenters. The van der Waals surface area contributed by atoms with E-state index >= 15 is 0 Å². The minimum atomic E-state index is -4.72. The van der Waals surface area contributed by atoms with E-state index in [1.54, 1.807) is 0 Å². The fourth-order valence-electron chi connectivity index (χ4n) is 0.123. The third-order valence-electron chi connectivity index (χ3n) is 0.232. The van der Waals surface area contributed by atoms with Crippen LogP contribution >= 0.6 is 7.82 Å². The molecule has 4 N–H and O–H groups in total. The second-order valence-corrected chi connectivity index (χ2v) is 2.11. The average Bonchev–Trinajstić information content (AvgIpc) is 1.21. The first-order valence-electron chi connectivity index (χ1n) is 1.52. The minimum Gasteiger partial charge on any atom is -0.401 e. The molecular weight excluding hydrogens is 230 g/mol. The molecule has 0 heterocycles. The van der Waals surface area contributed by atoms with Gasteiger partial charge in [0.2, 0.25) is 0 Å². The molecule has 0 aromatic carbocycles. The predicted octanol–water partition coefficient (Wildman–Crippen LogP) is -3.12. The molecule has 0 aliphatic carbocycles. The molecule has 0 aliphatic rings. The molecule has 0 fully saturated rings. The van der Waals surface area contributed by atoms with Crippen molar-refractivity contribution in [3.8, 4) is 0 Å². The van der Waals surface area contributed by atoms with Crippen molar-refractivity contribution in [2.45, 2.75) is 0 Å². The second-order valence-electron chi connectivity index (χ2n) is 0.922. The van der Waals surface area contributed by atoms with Crippen molar-refractivity contribution >= 4 is 32.5 Å². The van der Waals surface area contributed by atoms with Crippen LogP contribution in [0.2, 0.25) is 0 Å². The van der Waals surface area contributed by atoms with Crippen LogP contribution in [0, 0.1) is 0 Å². The molecule has 0 aliphatic heterocycles. The fraction of sp³-hybridized carbons (Fsp3) is 0. The van der Waals surface area contributed by atoms with Crippen molar-refractivity contribution < 1.29 is 48.3 Å². The maximum absolute atomic E-state index is 9.59. The summed E-state index contributed by atoms with van der Waals surface area (Å²) in [7, 11) is -7.14. The van der Waals surface area contributed by atoms with Gasteiger partial charge in [-0.2, -0.15) is 0 Å². The van der Waals surface area contributed by atoms with Crippen molar-refractivity contribution in [3.63, 3.8) is 0 Å². The van der Waals surface area contributed by atoms with Gasteiger partial charge in [-0.3, -0.25) is 4.44 Å². The summed E-state index contributed by atoms with van der Waals surface area (Å²) in [5.74, 6) is 0. The van der Waals surface area contributed by atoms with Gasteiger partial charge in [-0.05, 0) is 0 Å². The van der Waals surface area contributed by atoms with Crippen LogP contribution in [0.25, 0.3) is 0 Å². The van der Waals surface area contributed by atoms with Gasteiger partial charge in [0.05, 0.1) is 0 Å². The SMILES string of the molecule is O=P(O)(O)OB(O)O.[AlH3].[Zn]. The maximum atomic E-state index is 9.59. The van der Waals surface area contributed by atoms with Crippen LogP contribution in [0.15, 0.2) is 0 Å². The molecule has 0 radical (unpaired) electrons. The Morgan fingerprint density at radius 1 is 1.30 bits per heavy atom. The summed E-state index contributed by atoms with van der Waals surface area (Å²) < 4.78 is 12.8. The Hall–Kier alpha value is 1.25. The second kappa shape index (κ2) is 6.93. The maximum Gasteiger partial charge on any atom is 0.642 e. The Morgan fingerprint density at radius 3 is 1.60 bits per heavy atom. The molecule has 0 bridgehead atoms. The quantitative estimate of drug-likeness (QED) is 0.299. The Morgan fingerprint density at radius 2 is 1.60 bits per heavy atom. The normalized spacial score (nSPS) is 9.20. The molecule has 6 nitrogen and oxygen atoms in total. The molecule has 0 saturated carbocycles. The van der Waals surface area contributed by atoms with Crippen LogP contribution in [-0.2, 0) is 28.5 Å². The van der Waals surface area contributed by atoms with Gasteiger partial charge in [-0.25, -0.2) is 4.57 Å². The van der Waals surface area contributed by atoms with Crippen molar-refractivity contribution in [2.24, 2.45) is 0 Å². The van der Waals surface area contributed by atoms with Gasteiger partial charge in [0.15, 0.2) is 17.4 Å². The topological polar surface area (TPSA) is 107 Å². The number of hydrogen-bond donors (Lipinski definition) is 4. The molecular formula is H7AlBO6PZn. The Kier molecular flexibility index (Phi) is 12.0. The van der Waals surface area contributed by atoms with Gasteiger partial charge in [0.1, 0.15) is 0 Å². The van der Waals surface area contributed by atoms with Crippen LogP contribution < -0.4 is 0 Å². The van der Waals surface area contributed by atoms with Gasteiger partial charge < -0.3 is 19.8 Å². The number of rotatable bonds is 2. The zero-order chi connectivity index (χ0) is 6.78. The fourth-order valence-corrected chi connectivity index (χ4v) is 0.368. The van der Waals surface area contributed by atoms with E-state index in [0.717, 1.165) is 0 Å². The van der Waals surface area contributed by atoms with Crippen LogP contribution in [0.3, 0.4) is 0 Å². The molecule has 0 saturated heterocycles. The average molecular weight is 237 g/mol.